The number of anilines is 1. The lowest BCUT2D eigenvalue weighted by Crippen LogP contribution is -2.61. The number of carboxylic acid groups (broad SMARTS) is 1. The van der Waals surface area contributed by atoms with Crippen molar-refractivity contribution in [2.75, 3.05) is 26.0 Å². The predicted molar refractivity (Wildman–Crippen MR) is 96.4 cm³/mol. The standard InChI is InChI=1S/C15H16N6O6S/c1-19-12-11(13(24)20(2)15(19)25)21(7-10(22)23)14(18-12)17-8-3-5-9(6-4-8)28(16,26)27/h3-6,11H,7H2,1-2H3,(H3,16,22,23,26,27)/p+1. The van der Waals surface area contributed by atoms with Crippen molar-refractivity contribution in [3.8, 4) is 0 Å². The molecule has 12 nitrogen and oxygen atoms in total. The molecule has 0 spiro atoms. The molecule has 0 saturated carbocycles. The maximum atomic E-state index is 12.5. The van der Waals surface area contributed by atoms with Gasteiger partial charge < -0.3 is 5.11 Å². The molecule has 1 unspecified atom stereocenters. The number of amidine groups is 1. The Balaban J connectivity index is 2.00. The van der Waals surface area contributed by atoms with Crippen LogP contribution in [0.25, 0.3) is 0 Å². The first-order chi connectivity index (χ1) is 13.0. The number of fused-ring (bicyclic) bond motifs is 1. The second-order valence-electron chi connectivity index (χ2n) is 6.15. The number of carboxylic acids is 1. The van der Waals surface area contributed by atoms with Gasteiger partial charge in [-0.15, -0.1) is 0 Å². The van der Waals surface area contributed by atoms with Gasteiger partial charge in [0.1, 0.15) is 0 Å². The molecule has 2 aliphatic rings. The molecular weight excluding hydrogens is 392 g/mol. The number of amides is 3. The summed E-state index contributed by atoms with van der Waals surface area (Å²) < 4.78 is 23.9. The minimum absolute atomic E-state index is 0.0362. The fraction of sp³-hybridized carbons (Fsp3) is 0.267. The number of likely N-dealkylation sites (N-methyl/N-ethyl adjacent to an activating group) is 2. The zero-order valence-electron chi connectivity index (χ0n) is 14.9. The van der Waals surface area contributed by atoms with E-state index in [2.05, 4.69) is 10.3 Å². The summed E-state index contributed by atoms with van der Waals surface area (Å²) in [4.78, 5) is 42.2. The Labute approximate surface area is 159 Å². The number of hydrogen-bond acceptors (Lipinski definition) is 7. The Bertz CT molecular complexity index is 1050. The predicted octanol–water partition coefficient (Wildman–Crippen LogP) is -1.50. The summed E-state index contributed by atoms with van der Waals surface area (Å²) in [6.45, 7) is -0.545. The van der Waals surface area contributed by atoms with E-state index in [0.717, 1.165) is 4.90 Å². The van der Waals surface area contributed by atoms with Crippen LogP contribution in [0.3, 0.4) is 0 Å². The third-order valence-corrected chi connectivity index (χ3v) is 5.20. The van der Waals surface area contributed by atoms with E-state index in [9.17, 15) is 27.9 Å². The zero-order valence-corrected chi connectivity index (χ0v) is 15.7. The molecule has 3 amide bonds. The van der Waals surface area contributed by atoms with Crippen molar-refractivity contribution in [2.45, 2.75) is 10.9 Å². The van der Waals surface area contributed by atoms with Crippen molar-refractivity contribution >= 4 is 45.4 Å². The van der Waals surface area contributed by atoms with Crippen molar-refractivity contribution in [1.29, 1.82) is 0 Å². The first-order valence-electron chi connectivity index (χ1n) is 7.90. The number of primary sulfonamides is 1. The second kappa shape index (κ2) is 6.69. The minimum Gasteiger partial charge on any atom is -0.479 e. The molecule has 4 N–H and O–H groups in total. The molecule has 1 atom stereocenters. The summed E-state index contributed by atoms with van der Waals surface area (Å²) in [5, 5.41) is 17.1. The number of rotatable bonds is 4. The molecule has 0 aromatic heterocycles. The summed E-state index contributed by atoms with van der Waals surface area (Å²) in [5.74, 6) is -1.67. The molecular formula is C15H17N6O6S+. The van der Waals surface area contributed by atoms with E-state index in [1.807, 2.05) is 0 Å². The van der Waals surface area contributed by atoms with Gasteiger partial charge in [0, 0.05) is 14.1 Å². The van der Waals surface area contributed by atoms with Crippen LogP contribution in [-0.2, 0) is 19.6 Å². The number of nitrogens with one attached hydrogen (secondary N) is 1. The highest BCUT2D eigenvalue weighted by Crippen LogP contribution is 2.20. The number of urea groups is 1. The van der Waals surface area contributed by atoms with Gasteiger partial charge in [-0.1, -0.05) is 4.99 Å². The Kier molecular flexibility index (Phi) is 4.64. The number of nitrogens with two attached hydrogens (primary N) is 1. The molecule has 1 aromatic rings. The van der Waals surface area contributed by atoms with E-state index >= 15 is 0 Å². The molecule has 148 valence electrons. The summed E-state index contributed by atoms with van der Waals surface area (Å²) in [6, 6.07) is 3.70. The Hall–Kier alpha value is -3.32. The monoisotopic (exact) mass is 409 g/mol. The second-order valence-corrected chi connectivity index (χ2v) is 7.71. The van der Waals surface area contributed by atoms with Crippen LogP contribution in [0.2, 0.25) is 0 Å². The maximum Gasteiger partial charge on any atom is 0.395 e. The number of guanidine groups is 1. The summed E-state index contributed by atoms with van der Waals surface area (Å²) in [7, 11) is -1.13. The topological polar surface area (TPSA) is 165 Å². The van der Waals surface area contributed by atoms with Crippen molar-refractivity contribution in [3.63, 3.8) is 0 Å². The van der Waals surface area contributed by atoms with Crippen LogP contribution in [0.4, 0.5) is 10.5 Å². The van der Waals surface area contributed by atoms with Crippen LogP contribution in [0.15, 0.2) is 34.2 Å². The normalized spacial score (nSPS) is 19.7. The number of imide groups is 1. The Morgan fingerprint density at radius 1 is 1.25 bits per heavy atom. The van der Waals surface area contributed by atoms with E-state index in [-0.39, 0.29) is 16.7 Å². The summed E-state index contributed by atoms with van der Waals surface area (Å²) in [6.07, 6.45) is 0. The number of aliphatic carboxylic acids is 1. The van der Waals surface area contributed by atoms with Crippen LogP contribution < -0.4 is 10.5 Å². The highest BCUT2D eigenvalue weighted by molar-refractivity contribution is 7.89. The number of carbonyl (C=O) groups excluding carboxylic acids is 2. The first-order valence-corrected chi connectivity index (χ1v) is 9.44. The number of aliphatic imine (C=N–C) groups is 1. The molecule has 2 heterocycles. The highest BCUT2D eigenvalue weighted by atomic mass is 32.2. The average molecular weight is 409 g/mol. The molecule has 0 radical (unpaired) electrons. The molecule has 3 rings (SSSR count). The Morgan fingerprint density at radius 3 is 2.39 bits per heavy atom. The summed E-state index contributed by atoms with van der Waals surface area (Å²) >= 11 is 0. The van der Waals surface area contributed by atoms with Gasteiger partial charge in [0.05, 0.1) is 10.6 Å². The van der Waals surface area contributed by atoms with Crippen molar-refractivity contribution in [3.05, 3.63) is 24.3 Å². The number of benzene rings is 1. The lowest BCUT2D eigenvalue weighted by Gasteiger charge is -2.31. The third kappa shape index (κ3) is 3.32. The minimum atomic E-state index is -3.86. The van der Waals surface area contributed by atoms with E-state index < -0.39 is 40.5 Å². The number of nitrogens with zero attached hydrogens (tertiary/aromatic N) is 4. The number of carbonyl (C=O) groups is 3. The van der Waals surface area contributed by atoms with Gasteiger partial charge in [-0.05, 0) is 24.3 Å². The van der Waals surface area contributed by atoms with Crippen LogP contribution in [0.5, 0.6) is 0 Å². The molecule has 13 heteroatoms. The largest absolute Gasteiger partial charge is 0.479 e. The molecule has 2 aliphatic heterocycles. The fourth-order valence-corrected chi connectivity index (χ4v) is 3.38. The van der Waals surface area contributed by atoms with Gasteiger partial charge in [0.15, 0.2) is 6.54 Å². The van der Waals surface area contributed by atoms with Crippen LogP contribution in [-0.4, -0.2) is 84.3 Å². The van der Waals surface area contributed by atoms with E-state index in [4.69, 9.17) is 5.14 Å². The maximum absolute atomic E-state index is 12.5. The van der Waals surface area contributed by atoms with Gasteiger partial charge in [0.25, 0.3) is 5.91 Å². The van der Waals surface area contributed by atoms with Crippen LogP contribution in [0, 0.1) is 0 Å². The van der Waals surface area contributed by atoms with Crippen LogP contribution >= 0.6 is 0 Å². The third-order valence-electron chi connectivity index (χ3n) is 4.28. The van der Waals surface area contributed by atoms with Gasteiger partial charge in [-0.2, -0.15) is 0 Å². The van der Waals surface area contributed by atoms with Crippen molar-refractivity contribution in [1.82, 2.24) is 9.80 Å². The highest BCUT2D eigenvalue weighted by Gasteiger charge is 2.51. The van der Waals surface area contributed by atoms with Gasteiger partial charge in [-0.3, -0.25) is 14.6 Å². The lowest BCUT2D eigenvalue weighted by molar-refractivity contribution is -0.525. The molecule has 0 aliphatic carbocycles. The summed E-state index contributed by atoms with van der Waals surface area (Å²) in [5.41, 5.74) is 0.385. The zero-order chi connectivity index (χ0) is 20.8. The number of sulfonamides is 1. The van der Waals surface area contributed by atoms with Gasteiger partial charge in [-0.25, -0.2) is 33.0 Å². The quantitative estimate of drug-likeness (QED) is 0.509. The van der Waals surface area contributed by atoms with E-state index in [1.165, 1.54) is 47.8 Å². The van der Waals surface area contributed by atoms with E-state index in [0.29, 0.717) is 5.69 Å². The first kappa shape index (κ1) is 19.4. The van der Waals surface area contributed by atoms with Crippen molar-refractivity contribution < 1.29 is 32.5 Å². The molecule has 1 fully saturated rings. The van der Waals surface area contributed by atoms with Crippen molar-refractivity contribution in [2.24, 2.45) is 10.1 Å². The molecule has 0 bridgehead atoms. The van der Waals surface area contributed by atoms with E-state index in [1.54, 1.807) is 0 Å². The molecule has 1 aromatic carbocycles. The number of hydrogen-bond donors (Lipinski definition) is 3. The smallest absolute Gasteiger partial charge is 0.395 e. The van der Waals surface area contributed by atoms with Gasteiger partial charge in [0.2, 0.25) is 21.9 Å². The molecule has 28 heavy (non-hydrogen) atoms. The van der Waals surface area contributed by atoms with Crippen LogP contribution in [0.1, 0.15) is 0 Å². The molecule has 1 saturated heterocycles. The lowest BCUT2D eigenvalue weighted by atomic mass is 10.1. The average Bonchev–Trinajstić information content (AvgIpc) is 2.95. The fourth-order valence-electron chi connectivity index (χ4n) is 2.87. The Morgan fingerprint density at radius 2 is 1.86 bits per heavy atom. The SMILES string of the molecule is CN1C(=O)C2C(=NC(Nc3ccc(S(N)(=O)=O)cc3)=[N+]2CC(=O)O)N(C)C1=O. The van der Waals surface area contributed by atoms with Gasteiger partial charge >= 0.3 is 18.0 Å².